The normalized spacial score (nSPS) is 10.5. The molecule has 0 N–H and O–H groups in total. The number of thioether (sulfide) groups is 1. The maximum absolute atomic E-state index is 12.4. The fourth-order valence-electron chi connectivity index (χ4n) is 2.81. The van der Waals surface area contributed by atoms with E-state index in [9.17, 15) is 14.4 Å². The second-order valence-electron chi connectivity index (χ2n) is 6.09. The Morgan fingerprint density at radius 1 is 0.900 bits per heavy atom. The van der Waals surface area contributed by atoms with E-state index >= 15 is 0 Å². The van der Waals surface area contributed by atoms with Crippen molar-refractivity contribution in [2.75, 3.05) is 20.0 Å². The summed E-state index contributed by atoms with van der Waals surface area (Å²) in [4.78, 5) is 36.9. The summed E-state index contributed by atoms with van der Waals surface area (Å²) in [7, 11) is 2.43. The Morgan fingerprint density at radius 3 is 2.10 bits per heavy atom. The topological polar surface area (TPSA) is 78.9 Å². The minimum atomic E-state index is -0.669. The lowest BCUT2D eigenvalue weighted by atomic mass is 10.1. The van der Waals surface area contributed by atoms with Crippen LogP contribution in [0, 0.1) is 0 Å². The molecule has 0 spiro atoms. The Kier molecular flexibility index (Phi) is 6.97. The summed E-state index contributed by atoms with van der Waals surface area (Å²) < 4.78 is 14.7. The van der Waals surface area contributed by atoms with Crippen molar-refractivity contribution in [3.63, 3.8) is 0 Å². The molecule has 0 aromatic heterocycles. The molecule has 0 unspecified atom stereocenters. The molecule has 0 aliphatic rings. The molecule has 0 aliphatic carbocycles. The molecule has 0 radical (unpaired) electrons. The number of esters is 3. The van der Waals surface area contributed by atoms with E-state index in [0.29, 0.717) is 5.02 Å². The highest BCUT2D eigenvalue weighted by atomic mass is 35.5. The highest BCUT2D eigenvalue weighted by molar-refractivity contribution is 8.00. The van der Waals surface area contributed by atoms with Crippen LogP contribution in [0.4, 0.5) is 0 Å². The fourth-order valence-corrected chi connectivity index (χ4v) is 4.03. The highest BCUT2D eigenvalue weighted by Crippen LogP contribution is 2.33. The van der Waals surface area contributed by atoms with Crippen LogP contribution in [0.15, 0.2) is 59.5 Å². The molecule has 0 fully saturated rings. The molecule has 0 saturated carbocycles. The van der Waals surface area contributed by atoms with Crippen LogP contribution in [0.1, 0.15) is 20.7 Å². The third-order valence-corrected chi connectivity index (χ3v) is 5.49. The second kappa shape index (κ2) is 9.65. The zero-order valence-corrected chi connectivity index (χ0v) is 17.7. The van der Waals surface area contributed by atoms with Crippen LogP contribution in [0.3, 0.4) is 0 Å². The van der Waals surface area contributed by atoms with Gasteiger partial charge in [-0.1, -0.05) is 35.9 Å². The molecule has 0 bridgehead atoms. The van der Waals surface area contributed by atoms with Crippen LogP contribution in [0.5, 0.6) is 5.75 Å². The number of rotatable bonds is 6. The molecule has 0 heterocycles. The third kappa shape index (κ3) is 4.93. The summed E-state index contributed by atoms with van der Waals surface area (Å²) in [5.41, 5.74) is 0.133. The van der Waals surface area contributed by atoms with E-state index in [0.717, 1.165) is 15.7 Å². The third-order valence-electron chi connectivity index (χ3n) is 4.14. The maximum Gasteiger partial charge on any atom is 0.338 e. The van der Waals surface area contributed by atoms with Gasteiger partial charge in [0.25, 0.3) is 0 Å². The van der Waals surface area contributed by atoms with Crippen LogP contribution in [0.2, 0.25) is 5.02 Å². The number of halogens is 1. The van der Waals surface area contributed by atoms with Gasteiger partial charge >= 0.3 is 17.9 Å². The summed E-state index contributed by atoms with van der Waals surface area (Å²) >= 11 is 7.59. The predicted molar refractivity (Wildman–Crippen MR) is 114 cm³/mol. The van der Waals surface area contributed by atoms with Gasteiger partial charge in [0.05, 0.1) is 31.1 Å². The van der Waals surface area contributed by atoms with Crippen molar-refractivity contribution in [3.8, 4) is 5.75 Å². The van der Waals surface area contributed by atoms with Gasteiger partial charge in [-0.2, -0.15) is 0 Å². The number of hydrogen-bond donors (Lipinski definition) is 0. The summed E-state index contributed by atoms with van der Waals surface area (Å²) in [5.74, 6) is -1.85. The van der Waals surface area contributed by atoms with Crippen molar-refractivity contribution in [2.45, 2.75) is 4.90 Å². The van der Waals surface area contributed by atoms with E-state index in [1.54, 1.807) is 6.07 Å². The number of carbonyl (C=O) groups excluding carboxylic acids is 3. The Balaban J connectivity index is 1.78. The molecular formula is C22H17ClO6S. The number of methoxy groups -OCH3 is 2. The summed E-state index contributed by atoms with van der Waals surface area (Å²) in [5, 5.41) is 2.42. The molecule has 30 heavy (non-hydrogen) atoms. The molecule has 0 amide bonds. The number of carbonyl (C=O) groups is 3. The van der Waals surface area contributed by atoms with Crippen molar-refractivity contribution in [2.24, 2.45) is 0 Å². The summed E-state index contributed by atoms with van der Waals surface area (Å²) in [6, 6.07) is 15.3. The molecule has 0 atom stereocenters. The Hall–Kier alpha value is -3.03. The van der Waals surface area contributed by atoms with Gasteiger partial charge in [0.1, 0.15) is 5.75 Å². The van der Waals surface area contributed by atoms with E-state index in [1.165, 1.54) is 44.2 Å². The molecule has 154 valence electrons. The van der Waals surface area contributed by atoms with E-state index in [-0.39, 0.29) is 22.6 Å². The molecule has 3 rings (SSSR count). The number of benzene rings is 3. The predicted octanol–water partition coefficient (Wildman–Crippen LogP) is 4.76. The average Bonchev–Trinajstić information content (AvgIpc) is 2.76. The minimum absolute atomic E-state index is 0.000343. The molecule has 3 aromatic carbocycles. The largest absolute Gasteiger partial charge is 0.465 e. The van der Waals surface area contributed by atoms with Gasteiger partial charge in [0, 0.05) is 15.3 Å². The van der Waals surface area contributed by atoms with Crippen LogP contribution < -0.4 is 4.74 Å². The lowest BCUT2D eigenvalue weighted by Gasteiger charge is -2.10. The van der Waals surface area contributed by atoms with Crippen LogP contribution >= 0.6 is 23.4 Å². The first-order chi connectivity index (χ1) is 14.4. The molecule has 0 saturated heterocycles. The quantitative estimate of drug-likeness (QED) is 0.308. The van der Waals surface area contributed by atoms with E-state index in [1.807, 2.05) is 30.3 Å². The zero-order valence-electron chi connectivity index (χ0n) is 16.1. The van der Waals surface area contributed by atoms with Crippen LogP contribution in [-0.4, -0.2) is 37.9 Å². The summed E-state index contributed by atoms with van der Waals surface area (Å²) in [6.45, 7) is 0. The SMILES string of the molecule is COC(=O)c1cc(OC(=O)CSc2cccc3cccc(Cl)c23)cc(C(=O)OC)c1. The average molecular weight is 445 g/mol. The maximum atomic E-state index is 12.4. The highest BCUT2D eigenvalue weighted by Gasteiger charge is 2.17. The number of hydrogen-bond acceptors (Lipinski definition) is 7. The first kappa shape index (κ1) is 21.7. The molecule has 0 aliphatic heterocycles. The lowest BCUT2D eigenvalue weighted by molar-refractivity contribution is -0.131. The van der Waals surface area contributed by atoms with Gasteiger partial charge in [-0.05, 0) is 35.7 Å². The smallest absolute Gasteiger partial charge is 0.338 e. The minimum Gasteiger partial charge on any atom is -0.465 e. The molecule has 8 heteroatoms. The van der Waals surface area contributed by atoms with Gasteiger partial charge in [0.15, 0.2) is 0 Å². The van der Waals surface area contributed by atoms with Crippen molar-refractivity contribution < 1.29 is 28.6 Å². The van der Waals surface area contributed by atoms with Crippen molar-refractivity contribution in [1.82, 2.24) is 0 Å². The monoisotopic (exact) mass is 444 g/mol. The van der Waals surface area contributed by atoms with E-state index in [4.69, 9.17) is 16.3 Å². The van der Waals surface area contributed by atoms with E-state index in [2.05, 4.69) is 9.47 Å². The zero-order chi connectivity index (χ0) is 21.7. The Morgan fingerprint density at radius 2 is 1.50 bits per heavy atom. The lowest BCUT2D eigenvalue weighted by Crippen LogP contribution is -2.13. The standard InChI is InChI=1S/C22H17ClO6S/c1-27-21(25)14-9-15(22(26)28-2)11-16(10-14)29-19(24)12-30-18-8-4-6-13-5-3-7-17(23)20(13)18/h3-11H,12H2,1-2H3. The summed E-state index contributed by atoms with van der Waals surface area (Å²) in [6.07, 6.45) is 0. The van der Waals surface area contributed by atoms with Crippen molar-refractivity contribution in [3.05, 3.63) is 70.7 Å². The molecule has 3 aromatic rings. The van der Waals surface area contributed by atoms with Crippen molar-refractivity contribution in [1.29, 1.82) is 0 Å². The van der Waals surface area contributed by atoms with E-state index < -0.39 is 17.9 Å². The van der Waals surface area contributed by atoms with Gasteiger partial charge in [-0.3, -0.25) is 4.79 Å². The van der Waals surface area contributed by atoms with Gasteiger partial charge < -0.3 is 14.2 Å². The van der Waals surface area contributed by atoms with Crippen LogP contribution in [-0.2, 0) is 14.3 Å². The number of fused-ring (bicyclic) bond motifs is 1. The molecular weight excluding hydrogens is 428 g/mol. The van der Waals surface area contributed by atoms with Crippen LogP contribution in [0.25, 0.3) is 10.8 Å². The van der Waals surface area contributed by atoms with Crippen molar-refractivity contribution >= 4 is 52.0 Å². The molecule has 6 nitrogen and oxygen atoms in total. The second-order valence-corrected chi connectivity index (χ2v) is 7.51. The Labute approximate surface area is 182 Å². The number of ether oxygens (including phenoxy) is 3. The first-order valence-corrected chi connectivity index (χ1v) is 10.1. The van der Waals surface area contributed by atoms with Gasteiger partial charge in [-0.15, -0.1) is 11.8 Å². The first-order valence-electron chi connectivity index (χ1n) is 8.75. The Bertz CT molecular complexity index is 1090. The van der Waals surface area contributed by atoms with Gasteiger partial charge in [0.2, 0.25) is 0 Å². The fraction of sp³-hybridized carbons (Fsp3) is 0.136. The van der Waals surface area contributed by atoms with Gasteiger partial charge in [-0.25, -0.2) is 9.59 Å².